The van der Waals surface area contributed by atoms with Crippen molar-refractivity contribution >= 4 is 0 Å². The lowest BCUT2D eigenvalue weighted by molar-refractivity contribution is -0.0117. The summed E-state index contributed by atoms with van der Waals surface area (Å²) in [7, 11) is 0. The van der Waals surface area contributed by atoms with Crippen molar-refractivity contribution in [3.63, 3.8) is 0 Å². The number of ether oxygens (including phenoxy) is 3. The molecule has 0 atom stereocenters. The molecule has 2 aliphatic heterocycles. The molecule has 0 bridgehead atoms. The number of nitrogens with one attached hydrogen (secondary N) is 1. The number of allylic oxidation sites excluding steroid dienone is 4. The molecule has 0 spiro atoms. The van der Waals surface area contributed by atoms with Crippen molar-refractivity contribution in [2.24, 2.45) is 0 Å². The summed E-state index contributed by atoms with van der Waals surface area (Å²) in [6.07, 6.45) is 13.7. The molecule has 0 radical (unpaired) electrons. The number of hydrogen-bond donors (Lipinski definition) is 1. The zero-order valence-electron chi connectivity index (χ0n) is 10.9. The van der Waals surface area contributed by atoms with Gasteiger partial charge in [-0.2, -0.15) is 0 Å². The highest BCUT2D eigenvalue weighted by molar-refractivity contribution is 5.32. The third-order valence-electron chi connectivity index (χ3n) is 3.45. The molecule has 0 amide bonds. The zero-order chi connectivity index (χ0) is 12.9. The van der Waals surface area contributed by atoms with E-state index in [1.54, 1.807) is 6.26 Å². The average Bonchev–Trinajstić information content (AvgIpc) is 2.49. The maximum atomic E-state index is 5.84. The van der Waals surface area contributed by atoms with Gasteiger partial charge in [-0.1, -0.05) is 18.2 Å². The van der Waals surface area contributed by atoms with Crippen LogP contribution in [0.2, 0.25) is 0 Å². The molecule has 102 valence electrons. The second kappa shape index (κ2) is 5.97. The van der Waals surface area contributed by atoms with E-state index in [0.717, 1.165) is 50.1 Å². The van der Waals surface area contributed by atoms with Gasteiger partial charge in [-0.15, -0.1) is 0 Å². The van der Waals surface area contributed by atoms with Gasteiger partial charge in [-0.05, 0) is 44.3 Å². The Bertz CT molecular complexity index is 442. The smallest absolute Gasteiger partial charge is 0.322 e. The van der Waals surface area contributed by atoms with Crippen LogP contribution in [0.25, 0.3) is 0 Å². The minimum absolute atomic E-state index is 0.218. The molecule has 1 saturated heterocycles. The fourth-order valence-corrected chi connectivity index (χ4v) is 2.39. The van der Waals surface area contributed by atoms with Crippen LogP contribution in [0, 0.1) is 0 Å². The molecule has 1 fully saturated rings. The molecule has 0 aromatic rings. The van der Waals surface area contributed by atoms with Crippen LogP contribution in [-0.4, -0.2) is 19.2 Å². The summed E-state index contributed by atoms with van der Waals surface area (Å²) < 4.78 is 17.0. The van der Waals surface area contributed by atoms with Crippen molar-refractivity contribution in [2.45, 2.75) is 31.8 Å². The Morgan fingerprint density at radius 1 is 1.21 bits per heavy atom. The normalized spacial score (nSPS) is 23.7. The highest BCUT2D eigenvalue weighted by Gasteiger charge is 2.20. The van der Waals surface area contributed by atoms with Gasteiger partial charge in [-0.25, -0.2) is 0 Å². The maximum absolute atomic E-state index is 5.84. The maximum Gasteiger partial charge on any atom is 0.322 e. The molecule has 1 N–H and O–H groups in total. The Hall–Kier alpha value is -1.68. The lowest BCUT2D eigenvalue weighted by Crippen LogP contribution is -2.32. The van der Waals surface area contributed by atoms with E-state index >= 15 is 0 Å². The van der Waals surface area contributed by atoms with E-state index in [1.807, 2.05) is 0 Å². The molecular formula is C15H19NO3. The first kappa shape index (κ1) is 12.4. The van der Waals surface area contributed by atoms with E-state index in [2.05, 4.69) is 23.5 Å². The second-order valence-corrected chi connectivity index (χ2v) is 4.88. The molecule has 4 heteroatoms. The van der Waals surface area contributed by atoms with E-state index in [4.69, 9.17) is 14.2 Å². The van der Waals surface area contributed by atoms with Crippen molar-refractivity contribution in [3.05, 3.63) is 48.0 Å². The van der Waals surface area contributed by atoms with Crippen molar-refractivity contribution in [2.75, 3.05) is 13.1 Å². The quantitative estimate of drug-likeness (QED) is 0.848. The van der Waals surface area contributed by atoms with E-state index in [1.165, 1.54) is 6.26 Å². The zero-order valence-corrected chi connectivity index (χ0v) is 10.9. The first-order chi connectivity index (χ1) is 9.42. The van der Waals surface area contributed by atoms with Crippen LogP contribution in [-0.2, 0) is 14.2 Å². The summed E-state index contributed by atoms with van der Waals surface area (Å²) >= 11 is 0. The van der Waals surface area contributed by atoms with Gasteiger partial charge in [0.15, 0.2) is 12.0 Å². The van der Waals surface area contributed by atoms with Crippen LogP contribution < -0.4 is 5.32 Å². The van der Waals surface area contributed by atoms with E-state index < -0.39 is 0 Å². The minimum atomic E-state index is 0.218. The Morgan fingerprint density at radius 2 is 2.11 bits per heavy atom. The summed E-state index contributed by atoms with van der Waals surface area (Å²) in [6.45, 7) is 1.99. The van der Waals surface area contributed by atoms with Crippen LogP contribution in [0.15, 0.2) is 48.0 Å². The topological polar surface area (TPSA) is 39.7 Å². The summed E-state index contributed by atoms with van der Waals surface area (Å²) in [5.41, 5.74) is 1.15. The Morgan fingerprint density at radius 3 is 2.89 bits per heavy atom. The SMILES string of the molecule is C1=CCCC(C2=COC=C(OC3CCNCC3)O2)=C1. The molecule has 2 heterocycles. The Kier molecular flexibility index (Phi) is 3.89. The van der Waals surface area contributed by atoms with Crippen LogP contribution in [0.3, 0.4) is 0 Å². The predicted octanol–water partition coefficient (Wildman–Crippen LogP) is 2.72. The first-order valence-electron chi connectivity index (χ1n) is 6.89. The third kappa shape index (κ3) is 3.20. The summed E-state index contributed by atoms with van der Waals surface area (Å²) in [5.74, 6) is 1.23. The van der Waals surface area contributed by atoms with Crippen LogP contribution in [0.4, 0.5) is 0 Å². The summed E-state index contributed by atoms with van der Waals surface area (Å²) in [4.78, 5) is 0. The average molecular weight is 261 g/mol. The molecule has 1 aliphatic carbocycles. The number of piperidine rings is 1. The molecular weight excluding hydrogens is 242 g/mol. The summed E-state index contributed by atoms with van der Waals surface area (Å²) in [5, 5.41) is 3.31. The lowest BCUT2D eigenvalue weighted by Gasteiger charge is -2.26. The molecule has 0 aromatic heterocycles. The van der Waals surface area contributed by atoms with E-state index in [-0.39, 0.29) is 6.10 Å². The Labute approximate surface area is 113 Å². The summed E-state index contributed by atoms with van der Waals surface area (Å²) in [6, 6.07) is 0. The van der Waals surface area contributed by atoms with Gasteiger partial charge in [-0.3, -0.25) is 0 Å². The number of hydrogen-bond acceptors (Lipinski definition) is 4. The van der Waals surface area contributed by atoms with Crippen LogP contribution in [0.1, 0.15) is 25.7 Å². The van der Waals surface area contributed by atoms with Crippen molar-refractivity contribution in [1.29, 1.82) is 0 Å². The molecule has 3 aliphatic rings. The van der Waals surface area contributed by atoms with Crippen molar-refractivity contribution < 1.29 is 14.2 Å². The van der Waals surface area contributed by atoms with Crippen LogP contribution >= 0.6 is 0 Å². The molecule has 4 nitrogen and oxygen atoms in total. The van der Waals surface area contributed by atoms with Crippen LogP contribution in [0.5, 0.6) is 0 Å². The fourth-order valence-electron chi connectivity index (χ4n) is 2.39. The highest BCUT2D eigenvalue weighted by Crippen LogP contribution is 2.27. The lowest BCUT2D eigenvalue weighted by atomic mass is 10.0. The second-order valence-electron chi connectivity index (χ2n) is 4.88. The molecule has 3 rings (SSSR count). The van der Waals surface area contributed by atoms with Gasteiger partial charge < -0.3 is 19.5 Å². The largest absolute Gasteiger partial charge is 0.461 e. The Balaban J connectivity index is 1.58. The standard InChI is InChI=1S/C15H19NO3/c1-2-4-12(5-3-1)14-10-17-11-15(19-14)18-13-6-8-16-9-7-13/h1-2,4,10-11,13,16H,3,5-9H2. The predicted molar refractivity (Wildman–Crippen MR) is 71.8 cm³/mol. The van der Waals surface area contributed by atoms with Gasteiger partial charge in [0, 0.05) is 0 Å². The molecule has 0 saturated carbocycles. The highest BCUT2D eigenvalue weighted by atomic mass is 16.7. The van der Waals surface area contributed by atoms with Gasteiger partial charge in [0.25, 0.3) is 0 Å². The number of rotatable bonds is 3. The third-order valence-corrected chi connectivity index (χ3v) is 3.45. The van der Waals surface area contributed by atoms with Gasteiger partial charge in [0.05, 0.1) is 0 Å². The van der Waals surface area contributed by atoms with Crippen molar-refractivity contribution in [3.8, 4) is 0 Å². The van der Waals surface area contributed by atoms with Gasteiger partial charge >= 0.3 is 5.95 Å². The van der Waals surface area contributed by atoms with Gasteiger partial charge in [0.2, 0.25) is 0 Å². The fraction of sp³-hybridized carbons (Fsp3) is 0.467. The minimum Gasteiger partial charge on any atom is -0.461 e. The molecule has 19 heavy (non-hydrogen) atoms. The van der Waals surface area contributed by atoms with E-state index in [9.17, 15) is 0 Å². The molecule has 0 aromatic carbocycles. The monoisotopic (exact) mass is 261 g/mol. The van der Waals surface area contributed by atoms with Gasteiger partial charge in [0.1, 0.15) is 12.4 Å². The van der Waals surface area contributed by atoms with Crippen molar-refractivity contribution in [1.82, 2.24) is 5.32 Å². The van der Waals surface area contributed by atoms with E-state index in [0.29, 0.717) is 5.95 Å². The first-order valence-corrected chi connectivity index (χ1v) is 6.89. The molecule has 0 unspecified atom stereocenters.